The molecule has 5 heteroatoms. The molecule has 3 rings (SSSR count). The number of hydrogen-bond acceptors (Lipinski definition) is 3. The second-order valence-corrected chi connectivity index (χ2v) is 6.45. The predicted octanol–water partition coefficient (Wildman–Crippen LogP) is 3.16. The van der Waals surface area contributed by atoms with Crippen LogP contribution in [0.3, 0.4) is 0 Å². The molecular weight excluding hydrogens is 319 g/mol. The van der Waals surface area contributed by atoms with Crippen molar-refractivity contribution in [3.63, 3.8) is 0 Å². The second-order valence-electron chi connectivity index (χ2n) is 6.45. The highest BCUT2D eigenvalue weighted by Crippen LogP contribution is 2.27. The topological polar surface area (TPSA) is 42.4 Å². The Balaban J connectivity index is 1.62. The van der Waals surface area contributed by atoms with Gasteiger partial charge in [0.05, 0.1) is 0 Å². The molecule has 0 spiro atoms. The molecule has 25 heavy (non-hydrogen) atoms. The first-order valence-electron chi connectivity index (χ1n) is 8.62. The molecule has 1 aromatic heterocycles. The van der Waals surface area contributed by atoms with Crippen molar-refractivity contribution in [2.45, 2.75) is 25.2 Å². The van der Waals surface area contributed by atoms with Gasteiger partial charge in [0, 0.05) is 43.9 Å². The van der Waals surface area contributed by atoms with E-state index in [2.05, 4.69) is 6.07 Å². The highest BCUT2D eigenvalue weighted by Gasteiger charge is 2.24. The van der Waals surface area contributed by atoms with Gasteiger partial charge in [-0.25, -0.2) is 4.39 Å². The number of amides is 1. The number of rotatable bonds is 5. The molecule has 0 aliphatic carbocycles. The van der Waals surface area contributed by atoms with E-state index in [4.69, 9.17) is 9.72 Å². The van der Waals surface area contributed by atoms with E-state index in [9.17, 15) is 9.18 Å². The van der Waals surface area contributed by atoms with E-state index >= 15 is 0 Å². The van der Waals surface area contributed by atoms with Crippen LogP contribution in [-0.4, -0.2) is 42.6 Å². The number of nitrogens with zero attached hydrogens (tertiary/aromatic N) is 2. The number of ether oxygens (including phenoxy) is 1. The van der Waals surface area contributed by atoms with Crippen molar-refractivity contribution in [2.24, 2.45) is 0 Å². The quantitative estimate of drug-likeness (QED) is 0.838. The average molecular weight is 342 g/mol. The highest BCUT2D eigenvalue weighted by molar-refractivity contribution is 5.77. The Labute approximate surface area is 147 Å². The number of benzene rings is 1. The van der Waals surface area contributed by atoms with Gasteiger partial charge < -0.3 is 9.64 Å². The smallest absolute Gasteiger partial charge is 0.248 e. The van der Waals surface area contributed by atoms with Crippen molar-refractivity contribution in [3.05, 3.63) is 65.2 Å². The molecule has 1 aliphatic rings. The third kappa shape index (κ3) is 4.63. The van der Waals surface area contributed by atoms with Gasteiger partial charge >= 0.3 is 0 Å². The molecule has 0 saturated carbocycles. The minimum atomic E-state index is -0.222. The maximum absolute atomic E-state index is 13.0. The molecule has 132 valence electrons. The van der Waals surface area contributed by atoms with Gasteiger partial charge in [0.1, 0.15) is 12.4 Å². The molecule has 0 unspecified atom stereocenters. The third-order valence-corrected chi connectivity index (χ3v) is 4.66. The van der Waals surface area contributed by atoms with Gasteiger partial charge in [0.15, 0.2) is 0 Å². The first-order valence-corrected chi connectivity index (χ1v) is 8.62. The van der Waals surface area contributed by atoms with E-state index in [-0.39, 0.29) is 18.3 Å². The molecule has 1 amide bonds. The summed E-state index contributed by atoms with van der Waals surface area (Å²) in [6, 6.07) is 12.6. The summed E-state index contributed by atoms with van der Waals surface area (Å²) in [5, 5.41) is 0. The van der Waals surface area contributed by atoms with Crippen molar-refractivity contribution < 1.29 is 13.9 Å². The summed E-state index contributed by atoms with van der Waals surface area (Å²) in [4.78, 5) is 18.5. The number of carbonyl (C=O) groups excluding carboxylic acids is 1. The largest absolute Gasteiger partial charge is 0.375 e. The molecule has 1 aromatic carbocycles. The SMILES string of the molecule is COCC(=O)N1CCC(c2cccc(Cc3ccc(F)cc3)n2)CC1. The predicted molar refractivity (Wildman–Crippen MR) is 93.9 cm³/mol. The van der Waals surface area contributed by atoms with E-state index in [1.165, 1.54) is 12.1 Å². The summed E-state index contributed by atoms with van der Waals surface area (Å²) in [7, 11) is 1.54. The summed E-state index contributed by atoms with van der Waals surface area (Å²) in [5.74, 6) is 0.207. The number of hydrogen-bond donors (Lipinski definition) is 0. The zero-order chi connectivity index (χ0) is 17.6. The molecule has 0 N–H and O–H groups in total. The van der Waals surface area contributed by atoms with E-state index in [1.807, 2.05) is 17.0 Å². The third-order valence-electron chi connectivity index (χ3n) is 4.66. The van der Waals surface area contributed by atoms with Crippen LogP contribution in [-0.2, 0) is 16.0 Å². The molecule has 2 aromatic rings. The molecule has 1 fully saturated rings. The van der Waals surface area contributed by atoms with Crippen molar-refractivity contribution in [3.8, 4) is 0 Å². The van der Waals surface area contributed by atoms with Gasteiger partial charge in [0.25, 0.3) is 0 Å². The first kappa shape index (κ1) is 17.5. The first-order chi connectivity index (χ1) is 12.2. The molecule has 2 heterocycles. The molecule has 0 bridgehead atoms. The monoisotopic (exact) mass is 342 g/mol. The minimum absolute atomic E-state index is 0.0546. The van der Waals surface area contributed by atoms with Crippen LogP contribution in [0.2, 0.25) is 0 Å². The van der Waals surface area contributed by atoms with Crippen LogP contribution in [0.4, 0.5) is 4.39 Å². The summed E-state index contributed by atoms with van der Waals surface area (Å²) in [6.07, 6.45) is 2.53. The Morgan fingerprint density at radius 2 is 1.92 bits per heavy atom. The summed E-state index contributed by atoms with van der Waals surface area (Å²) >= 11 is 0. The van der Waals surface area contributed by atoms with Crippen LogP contribution < -0.4 is 0 Å². The van der Waals surface area contributed by atoms with E-state index in [0.717, 1.165) is 42.9 Å². The number of halogens is 1. The van der Waals surface area contributed by atoms with Crippen LogP contribution in [0, 0.1) is 5.82 Å². The fourth-order valence-corrected chi connectivity index (χ4v) is 3.27. The van der Waals surface area contributed by atoms with Gasteiger partial charge in [-0.05, 0) is 42.7 Å². The van der Waals surface area contributed by atoms with Crippen molar-refractivity contribution >= 4 is 5.91 Å². The number of pyridine rings is 1. The molecule has 0 radical (unpaired) electrons. The Hall–Kier alpha value is -2.27. The Morgan fingerprint density at radius 3 is 2.60 bits per heavy atom. The Morgan fingerprint density at radius 1 is 1.20 bits per heavy atom. The number of carbonyl (C=O) groups is 1. The standard InChI is InChI=1S/C20H23FN2O2/c1-25-14-20(24)23-11-9-16(10-12-23)19-4-2-3-18(22-19)13-15-5-7-17(21)8-6-15/h2-8,16H,9-14H2,1H3. The molecule has 1 saturated heterocycles. The van der Waals surface area contributed by atoms with Gasteiger partial charge in [-0.15, -0.1) is 0 Å². The number of likely N-dealkylation sites (tertiary alicyclic amines) is 1. The highest BCUT2D eigenvalue weighted by atomic mass is 19.1. The molecule has 1 aliphatic heterocycles. The second kappa shape index (κ2) is 8.21. The summed E-state index contributed by atoms with van der Waals surface area (Å²) in [5.41, 5.74) is 3.12. The fourth-order valence-electron chi connectivity index (χ4n) is 3.27. The van der Waals surface area contributed by atoms with Crippen LogP contribution in [0.1, 0.15) is 35.7 Å². The van der Waals surface area contributed by atoms with Gasteiger partial charge in [-0.1, -0.05) is 18.2 Å². The van der Waals surface area contributed by atoms with E-state index < -0.39 is 0 Å². The lowest BCUT2D eigenvalue weighted by atomic mass is 9.92. The van der Waals surface area contributed by atoms with Gasteiger partial charge in [-0.3, -0.25) is 9.78 Å². The fraction of sp³-hybridized carbons (Fsp3) is 0.400. The summed E-state index contributed by atoms with van der Waals surface area (Å²) in [6.45, 7) is 1.64. The van der Waals surface area contributed by atoms with Crippen LogP contribution >= 0.6 is 0 Å². The van der Waals surface area contributed by atoms with Crippen molar-refractivity contribution in [2.75, 3.05) is 26.8 Å². The van der Waals surface area contributed by atoms with E-state index in [1.54, 1.807) is 19.2 Å². The Bertz CT molecular complexity index is 710. The molecular formula is C20H23FN2O2. The number of piperidine rings is 1. The van der Waals surface area contributed by atoms with Crippen molar-refractivity contribution in [1.82, 2.24) is 9.88 Å². The molecule has 4 nitrogen and oxygen atoms in total. The van der Waals surface area contributed by atoms with Crippen LogP contribution in [0.25, 0.3) is 0 Å². The maximum atomic E-state index is 13.0. The zero-order valence-corrected chi connectivity index (χ0v) is 14.5. The summed E-state index contributed by atoms with van der Waals surface area (Å²) < 4.78 is 17.9. The number of methoxy groups -OCH3 is 1. The van der Waals surface area contributed by atoms with Crippen LogP contribution in [0.5, 0.6) is 0 Å². The lowest BCUT2D eigenvalue weighted by Crippen LogP contribution is -2.39. The minimum Gasteiger partial charge on any atom is -0.375 e. The van der Waals surface area contributed by atoms with Gasteiger partial charge in [-0.2, -0.15) is 0 Å². The normalized spacial score (nSPS) is 15.4. The average Bonchev–Trinajstić information content (AvgIpc) is 2.64. The van der Waals surface area contributed by atoms with Gasteiger partial charge in [0.2, 0.25) is 5.91 Å². The van der Waals surface area contributed by atoms with Crippen molar-refractivity contribution in [1.29, 1.82) is 0 Å². The lowest BCUT2D eigenvalue weighted by Gasteiger charge is -2.31. The molecule has 0 atom stereocenters. The van der Waals surface area contributed by atoms with E-state index in [0.29, 0.717) is 12.3 Å². The number of aromatic nitrogens is 1. The maximum Gasteiger partial charge on any atom is 0.248 e. The van der Waals surface area contributed by atoms with Crippen LogP contribution in [0.15, 0.2) is 42.5 Å². The Kier molecular flexibility index (Phi) is 5.76. The lowest BCUT2D eigenvalue weighted by molar-refractivity contribution is -0.136. The zero-order valence-electron chi connectivity index (χ0n) is 14.5.